The van der Waals surface area contributed by atoms with E-state index in [0.29, 0.717) is 11.4 Å². The molecule has 1 heterocycles. The van der Waals surface area contributed by atoms with Crippen LogP contribution < -0.4 is 10.3 Å². The molecule has 0 aliphatic rings. The minimum absolute atomic E-state index is 0.238. The van der Waals surface area contributed by atoms with Crippen LogP contribution in [0.4, 0.5) is 0 Å². The van der Waals surface area contributed by atoms with Crippen LogP contribution in [0.3, 0.4) is 0 Å². The highest BCUT2D eigenvalue weighted by Crippen LogP contribution is 2.14. The number of hydrogen-bond donors (Lipinski definition) is 0. The lowest BCUT2D eigenvalue weighted by atomic mass is 10.3. The molecule has 0 amide bonds. The molecule has 0 atom stereocenters. The standard InChI is InChI=1S/C11H9ClN2O2/c1-16-9-4-2-3-8(7-9)14-11(15)6-5-10(12)13-14/h2-7H,1H3. The molecule has 1 aromatic carbocycles. The average molecular weight is 237 g/mol. The van der Waals surface area contributed by atoms with Crippen molar-refractivity contribution in [2.24, 2.45) is 0 Å². The van der Waals surface area contributed by atoms with Crippen molar-refractivity contribution in [1.82, 2.24) is 9.78 Å². The van der Waals surface area contributed by atoms with Gasteiger partial charge in [0.2, 0.25) is 0 Å². The monoisotopic (exact) mass is 236 g/mol. The van der Waals surface area contributed by atoms with E-state index in [4.69, 9.17) is 16.3 Å². The molecule has 16 heavy (non-hydrogen) atoms. The van der Waals surface area contributed by atoms with Crippen molar-refractivity contribution < 1.29 is 4.74 Å². The van der Waals surface area contributed by atoms with Crippen molar-refractivity contribution in [3.63, 3.8) is 0 Å². The van der Waals surface area contributed by atoms with E-state index < -0.39 is 0 Å². The van der Waals surface area contributed by atoms with Crippen LogP contribution >= 0.6 is 11.6 Å². The normalized spacial score (nSPS) is 10.1. The molecule has 0 unspecified atom stereocenters. The zero-order valence-corrected chi connectivity index (χ0v) is 9.31. The predicted molar refractivity (Wildman–Crippen MR) is 61.4 cm³/mol. The number of rotatable bonds is 2. The van der Waals surface area contributed by atoms with Gasteiger partial charge in [-0.15, -0.1) is 0 Å². The first kappa shape index (κ1) is 10.7. The Morgan fingerprint density at radius 1 is 1.31 bits per heavy atom. The molecule has 0 fully saturated rings. The van der Waals surface area contributed by atoms with E-state index in [9.17, 15) is 4.79 Å². The van der Waals surface area contributed by atoms with Gasteiger partial charge in [-0.05, 0) is 18.2 Å². The van der Waals surface area contributed by atoms with Crippen LogP contribution in [-0.4, -0.2) is 16.9 Å². The molecule has 82 valence electrons. The molecular formula is C11H9ClN2O2. The Morgan fingerprint density at radius 3 is 2.88 bits per heavy atom. The zero-order chi connectivity index (χ0) is 11.5. The highest BCUT2D eigenvalue weighted by molar-refractivity contribution is 6.29. The van der Waals surface area contributed by atoms with Gasteiger partial charge in [0.15, 0.2) is 0 Å². The number of hydrogen-bond acceptors (Lipinski definition) is 3. The summed E-state index contributed by atoms with van der Waals surface area (Å²) in [4.78, 5) is 11.6. The first-order valence-corrected chi connectivity index (χ1v) is 4.99. The van der Waals surface area contributed by atoms with Crippen LogP contribution in [0.2, 0.25) is 5.15 Å². The maximum Gasteiger partial charge on any atom is 0.271 e. The fourth-order valence-electron chi connectivity index (χ4n) is 1.32. The van der Waals surface area contributed by atoms with Crippen molar-refractivity contribution in [3.8, 4) is 11.4 Å². The maximum absolute atomic E-state index is 11.6. The Labute approximate surface area is 97.0 Å². The van der Waals surface area contributed by atoms with Crippen LogP contribution in [0.15, 0.2) is 41.2 Å². The minimum Gasteiger partial charge on any atom is -0.497 e. The zero-order valence-electron chi connectivity index (χ0n) is 8.55. The number of halogens is 1. The summed E-state index contributed by atoms with van der Waals surface area (Å²) in [7, 11) is 1.56. The van der Waals surface area contributed by atoms with E-state index in [1.54, 1.807) is 31.4 Å². The number of methoxy groups -OCH3 is 1. The fourth-order valence-corrected chi connectivity index (χ4v) is 1.45. The summed E-state index contributed by atoms with van der Waals surface area (Å²) in [5.74, 6) is 0.658. The quantitative estimate of drug-likeness (QED) is 0.800. The van der Waals surface area contributed by atoms with Gasteiger partial charge in [-0.3, -0.25) is 4.79 Å². The molecular weight excluding hydrogens is 228 g/mol. The fraction of sp³-hybridized carbons (Fsp3) is 0.0909. The average Bonchev–Trinajstić information content (AvgIpc) is 2.32. The molecule has 0 saturated carbocycles. The molecule has 2 aromatic rings. The maximum atomic E-state index is 11.6. The highest BCUT2D eigenvalue weighted by atomic mass is 35.5. The largest absolute Gasteiger partial charge is 0.497 e. The lowest BCUT2D eigenvalue weighted by Crippen LogP contribution is -2.19. The molecule has 4 nitrogen and oxygen atoms in total. The molecule has 1 aromatic heterocycles. The highest BCUT2D eigenvalue weighted by Gasteiger charge is 2.03. The van der Waals surface area contributed by atoms with E-state index in [1.807, 2.05) is 0 Å². The Hall–Kier alpha value is -1.81. The first-order valence-electron chi connectivity index (χ1n) is 4.61. The van der Waals surface area contributed by atoms with Gasteiger partial charge in [-0.1, -0.05) is 17.7 Å². The molecule has 0 N–H and O–H groups in total. The Bertz CT molecular complexity index is 566. The molecule has 0 radical (unpaired) electrons. The molecule has 0 bridgehead atoms. The molecule has 0 aliphatic heterocycles. The third-order valence-corrected chi connectivity index (χ3v) is 2.27. The molecule has 0 aliphatic carbocycles. The van der Waals surface area contributed by atoms with Gasteiger partial charge in [0, 0.05) is 12.1 Å². The Kier molecular flexibility index (Phi) is 2.92. The van der Waals surface area contributed by atoms with Crippen LogP contribution in [0.25, 0.3) is 5.69 Å². The van der Waals surface area contributed by atoms with Gasteiger partial charge >= 0.3 is 0 Å². The summed E-state index contributed by atoms with van der Waals surface area (Å²) in [6, 6.07) is 9.87. The summed E-state index contributed by atoms with van der Waals surface area (Å²) in [6.07, 6.45) is 0. The number of aromatic nitrogens is 2. The third-order valence-electron chi connectivity index (χ3n) is 2.07. The lowest BCUT2D eigenvalue weighted by Gasteiger charge is -2.06. The van der Waals surface area contributed by atoms with Gasteiger partial charge in [0.05, 0.1) is 12.8 Å². The van der Waals surface area contributed by atoms with Crippen LogP contribution in [0.5, 0.6) is 5.75 Å². The second-order valence-electron chi connectivity index (χ2n) is 3.11. The van der Waals surface area contributed by atoms with Gasteiger partial charge in [-0.2, -0.15) is 9.78 Å². The van der Waals surface area contributed by atoms with Gasteiger partial charge in [0.1, 0.15) is 10.9 Å². The topological polar surface area (TPSA) is 44.1 Å². The van der Waals surface area contributed by atoms with Gasteiger partial charge < -0.3 is 4.74 Å². The number of ether oxygens (including phenoxy) is 1. The van der Waals surface area contributed by atoms with E-state index in [2.05, 4.69) is 5.10 Å². The minimum atomic E-state index is -0.238. The first-order chi connectivity index (χ1) is 7.70. The smallest absolute Gasteiger partial charge is 0.271 e. The summed E-state index contributed by atoms with van der Waals surface area (Å²) in [6.45, 7) is 0. The van der Waals surface area contributed by atoms with E-state index in [-0.39, 0.29) is 10.7 Å². The Balaban J connectivity index is 2.58. The van der Waals surface area contributed by atoms with E-state index >= 15 is 0 Å². The summed E-state index contributed by atoms with van der Waals surface area (Å²) in [5, 5.41) is 4.20. The molecule has 5 heteroatoms. The van der Waals surface area contributed by atoms with E-state index in [0.717, 1.165) is 0 Å². The SMILES string of the molecule is COc1cccc(-n2nc(Cl)ccc2=O)c1. The third kappa shape index (κ3) is 2.06. The van der Waals surface area contributed by atoms with Crippen molar-refractivity contribution in [3.05, 3.63) is 51.9 Å². The summed E-state index contributed by atoms with van der Waals surface area (Å²) < 4.78 is 6.30. The molecule has 0 spiro atoms. The predicted octanol–water partition coefficient (Wildman–Crippen LogP) is 1.89. The molecule has 0 saturated heterocycles. The van der Waals surface area contributed by atoms with Crippen LogP contribution in [0.1, 0.15) is 0 Å². The second kappa shape index (κ2) is 4.37. The van der Waals surface area contributed by atoms with Crippen molar-refractivity contribution in [1.29, 1.82) is 0 Å². The van der Waals surface area contributed by atoms with Crippen LogP contribution in [-0.2, 0) is 0 Å². The van der Waals surface area contributed by atoms with Gasteiger partial charge in [-0.25, -0.2) is 0 Å². The summed E-state index contributed by atoms with van der Waals surface area (Å²) in [5.41, 5.74) is 0.379. The second-order valence-corrected chi connectivity index (χ2v) is 3.49. The molecule has 2 rings (SSSR count). The van der Waals surface area contributed by atoms with Crippen LogP contribution in [0, 0.1) is 0 Å². The number of nitrogens with zero attached hydrogens (tertiary/aromatic N) is 2. The summed E-state index contributed by atoms with van der Waals surface area (Å²) >= 11 is 5.74. The lowest BCUT2D eigenvalue weighted by molar-refractivity contribution is 0.414. The van der Waals surface area contributed by atoms with Crippen molar-refractivity contribution in [2.75, 3.05) is 7.11 Å². The van der Waals surface area contributed by atoms with Crippen molar-refractivity contribution in [2.45, 2.75) is 0 Å². The number of benzene rings is 1. The van der Waals surface area contributed by atoms with Crippen molar-refractivity contribution >= 4 is 11.6 Å². The van der Waals surface area contributed by atoms with Gasteiger partial charge in [0.25, 0.3) is 5.56 Å². The van der Waals surface area contributed by atoms with E-state index in [1.165, 1.54) is 16.8 Å². The Morgan fingerprint density at radius 2 is 2.12 bits per heavy atom.